The lowest BCUT2D eigenvalue weighted by Crippen LogP contribution is -2.43. The van der Waals surface area contributed by atoms with Crippen LogP contribution in [0.5, 0.6) is 17.5 Å². The Kier molecular flexibility index (Phi) is 8.83. The van der Waals surface area contributed by atoms with Crippen LogP contribution in [0, 0.1) is 5.82 Å². The maximum absolute atomic E-state index is 15.1. The highest BCUT2D eigenvalue weighted by Crippen LogP contribution is 2.42. The average Bonchev–Trinajstić information content (AvgIpc) is 3.72. The van der Waals surface area contributed by atoms with Crippen LogP contribution in [0.1, 0.15) is 65.6 Å². The van der Waals surface area contributed by atoms with E-state index in [1.165, 1.54) is 11.0 Å². The molecule has 0 bridgehead atoms. The zero-order valence-corrected chi connectivity index (χ0v) is 30.3. The van der Waals surface area contributed by atoms with Crippen LogP contribution in [-0.2, 0) is 32.5 Å². The quantitative estimate of drug-likeness (QED) is 0.271. The summed E-state index contributed by atoms with van der Waals surface area (Å²) < 4.78 is 43.9. The van der Waals surface area contributed by atoms with Crippen LogP contribution in [0.15, 0.2) is 24.3 Å². The molecular formula is C38H46F2N8O4. The summed E-state index contributed by atoms with van der Waals surface area (Å²) in [6, 6.07) is 6.79. The first-order valence-electron chi connectivity index (χ1n) is 18.3. The molecule has 0 spiro atoms. The lowest BCUT2D eigenvalue weighted by Gasteiger charge is -2.35. The molecule has 1 N–H and O–H groups in total. The molecule has 2 atom stereocenters. The number of ether oxygens (including phenoxy) is 2. The number of alkyl halides is 1. The van der Waals surface area contributed by atoms with E-state index >= 15 is 4.39 Å². The zero-order valence-electron chi connectivity index (χ0n) is 30.3. The fourth-order valence-electron chi connectivity index (χ4n) is 8.88. The van der Waals surface area contributed by atoms with Crippen LogP contribution in [0.2, 0.25) is 0 Å². The Morgan fingerprint density at radius 3 is 2.73 bits per heavy atom. The van der Waals surface area contributed by atoms with Gasteiger partial charge in [-0.05, 0) is 61.7 Å². The number of hydrogen-bond donors (Lipinski definition) is 1. The number of aryl methyl sites for hydroxylation is 2. The van der Waals surface area contributed by atoms with E-state index in [2.05, 4.69) is 19.8 Å². The van der Waals surface area contributed by atoms with Gasteiger partial charge < -0.3 is 29.3 Å². The first-order valence-corrected chi connectivity index (χ1v) is 18.3. The van der Waals surface area contributed by atoms with Gasteiger partial charge in [0, 0.05) is 69.4 Å². The maximum atomic E-state index is 15.1. The molecule has 12 nitrogen and oxygen atoms in total. The smallest absolute Gasteiger partial charge is 0.318 e. The molecule has 4 aliphatic heterocycles. The number of methoxy groups -OCH3 is 1. The number of anilines is 2. The highest BCUT2D eigenvalue weighted by Gasteiger charge is 2.49. The summed E-state index contributed by atoms with van der Waals surface area (Å²) in [4.78, 5) is 31.2. The number of nitrogens with zero attached hydrogens (tertiary/aromatic N) is 8. The second kappa shape index (κ2) is 13.4. The highest BCUT2D eigenvalue weighted by molar-refractivity contribution is 5.98. The number of carbonyl (C=O) groups excluding carboxylic acids is 1. The molecule has 6 heterocycles. The summed E-state index contributed by atoms with van der Waals surface area (Å²) in [6.07, 6.45) is 3.27. The van der Waals surface area contributed by atoms with Gasteiger partial charge in [-0.3, -0.25) is 14.4 Å². The van der Waals surface area contributed by atoms with E-state index in [-0.39, 0.29) is 34.7 Å². The first kappa shape index (κ1) is 34.4. The number of rotatable bonds is 8. The third-order valence-electron chi connectivity index (χ3n) is 11.3. The summed E-state index contributed by atoms with van der Waals surface area (Å²) in [5.74, 6) is 0.808. The van der Waals surface area contributed by atoms with Gasteiger partial charge in [0.2, 0.25) is 0 Å². The van der Waals surface area contributed by atoms with E-state index in [1.54, 1.807) is 39.4 Å². The number of aromatic nitrogens is 4. The number of phenols is 1. The van der Waals surface area contributed by atoms with Crippen LogP contribution in [-0.4, -0.2) is 106 Å². The number of fused-ring (bicyclic) bond motifs is 4. The van der Waals surface area contributed by atoms with Crippen molar-refractivity contribution in [1.29, 1.82) is 0 Å². The van der Waals surface area contributed by atoms with Crippen molar-refractivity contribution in [3.63, 3.8) is 0 Å². The molecule has 0 saturated carbocycles. The summed E-state index contributed by atoms with van der Waals surface area (Å²) in [5, 5.41) is 17.0. The Balaban J connectivity index is 1.19. The van der Waals surface area contributed by atoms with Gasteiger partial charge in [0.05, 0.1) is 31.4 Å². The van der Waals surface area contributed by atoms with Crippen molar-refractivity contribution in [3.8, 4) is 17.5 Å². The van der Waals surface area contributed by atoms with Gasteiger partial charge in [0.25, 0.3) is 5.91 Å². The minimum Gasteiger partial charge on any atom is -0.508 e. The Hall–Kier alpha value is -4.72. The van der Waals surface area contributed by atoms with Gasteiger partial charge >= 0.3 is 6.01 Å². The number of halogens is 2. The van der Waals surface area contributed by atoms with Crippen LogP contribution in [0.4, 0.5) is 20.3 Å². The Labute approximate surface area is 301 Å². The van der Waals surface area contributed by atoms with E-state index in [9.17, 15) is 14.3 Å². The van der Waals surface area contributed by atoms with Gasteiger partial charge in [0.15, 0.2) is 11.4 Å². The van der Waals surface area contributed by atoms with E-state index in [4.69, 9.17) is 19.4 Å². The van der Waals surface area contributed by atoms with Gasteiger partial charge in [-0.15, -0.1) is 0 Å². The van der Waals surface area contributed by atoms with Crippen molar-refractivity contribution in [2.45, 2.75) is 76.8 Å². The molecule has 0 radical (unpaired) electrons. The van der Waals surface area contributed by atoms with E-state index in [0.29, 0.717) is 76.5 Å². The maximum Gasteiger partial charge on any atom is 0.318 e. The first-order chi connectivity index (χ1) is 25.1. The predicted octanol–water partition coefficient (Wildman–Crippen LogP) is 4.87. The minimum absolute atomic E-state index is 0.111. The third kappa shape index (κ3) is 5.84. The minimum atomic E-state index is -0.881. The van der Waals surface area contributed by atoms with E-state index in [1.807, 2.05) is 11.6 Å². The fraction of sp³-hybridized carbons (Fsp3) is 0.526. The Bertz CT molecular complexity index is 2040. The molecule has 14 heteroatoms. The van der Waals surface area contributed by atoms with Crippen molar-refractivity contribution in [2.75, 3.05) is 63.8 Å². The van der Waals surface area contributed by atoms with Crippen LogP contribution >= 0.6 is 0 Å². The van der Waals surface area contributed by atoms with Crippen LogP contribution in [0.25, 0.3) is 10.8 Å². The summed E-state index contributed by atoms with van der Waals surface area (Å²) >= 11 is 0. The lowest BCUT2D eigenvalue weighted by molar-refractivity contribution is 0.0817. The summed E-state index contributed by atoms with van der Waals surface area (Å²) in [5.41, 5.74) is 3.82. The van der Waals surface area contributed by atoms with Crippen molar-refractivity contribution < 1.29 is 28.2 Å². The number of benzene rings is 2. The monoisotopic (exact) mass is 716 g/mol. The van der Waals surface area contributed by atoms with Crippen LogP contribution in [0.3, 0.4) is 0 Å². The molecular weight excluding hydrogens is 670 g/mol. The molecule has 52 heavy (non-hydrogen) atoms. The molecule has 4 aromatic rings. The SMILES string of the molecule is CCc1c(F)ccc2cc(O)cc(N3CCc4c(nc(OC[C@@]56CCCN5C[C@H](F)C6)nc4N4CCCn5nc(C(=O)N(C)C)c(OC)c5C4)C3)c12. The Morgan fingerprint density at radius 2 is 1.94 bits per heavy atom. The summed E-state index contributed by atoms with van der Waals surface area (Å²) in [7, 11) is 4.95. The zero-order chi connectivity index (χ0) is 36.3. The number of amides is 1. The lowest BCUT2D eigenvalue weighted by atomic mass is 9.95. The van der Waals surface area contributed by atoms with Gasteiger partial charge in [-0.2, -0.15) is 15.1 Å². The molecule has 276 valence electrons. The predicted molar refractivity (Wildman–Crippen MR) is 193 cm³/mol. The number of carbonyl (C=O) groups is 1. The second-order valence-corrected chi connectivity index (χ2v) is 14.8. The topological polar surface area (TPSA) is 112 Å². The largest absolute Gasteiger partial charge is 0.508 e. The molecule has 0 aliphatic carbocycles. The molecule has 2 aromatic carbocycles. The van der Waals surface area contributed by atoms with Crippen molar-refractivity contribution >= 4 is 28.2 Å². The second-order valence-electron chi connectivity index (χ2n) is 14.8. The molecule has 2 aromatic heterocycles. The standard InChI is InChI=1S/C38H46F2N8O4/c1-5-26-28(40)9-8-23-16-25(49)17-30(32(23)26)45-15-10-27-29(20-45)41-37(52-22-38-11-6-13-47(38)19-24(39)18-38)42-35(27)46-12-7-14-48-31(21-46)34(51-4)33(43-48)36(50)44(2)3/h8-9,16-17,24,49H,5-7,10-15,18-22H2,1-4H3/t24-,38+/m1/s1. The Morgan fingerprint density at radius 1 is 1.10 bits per heavy atom. The van der Waals surface area contributed by atoms with Gasteiger partial charge in [-0.25, -0.2) is 8.78 Å². The molecule has 8 rings (SSSR count). The van der Waals surface area contributed by atoms with Crippen molar-refractivity contribution in [2.24, 2.45) is 0 Å². The van der Waals surface area contributed by atoms with Gasteiger partial charge in [0.1, 0.15) is 35.9 Å². The number of hydrogen-bond acceptors (Lipinski definition) is 10. The molecule has 2 saturated heterocycles. The van der Waals surface area contributed by atoms with E-state index < -0.39 is 6.17 Å². The average molecular weight is 717 g/mol. The molecule has 1 amide bonds. The van der Waals surface area contributed by atoms with Crippen molar-refractivity contribution in [3.05, 3.63) is 58.3 Å². The number of phenolic OH excluding ortho intramolecular Hbond substituents is 1. The van der Waals surface area contributed by atoms with Crippen molar-refractivity contribution in [1.82, 2.24) is 29.5 Å². The van der Waals surface area contributed by atoms with Gasteiger partial charge in [-0.1, -0.05) is 13.0 Å². The van der Waals surface area contributed by atoms with E-state index in [0.717, 1.165) is 65.0 Å². The van der Waals surface area contributed by atoms with Crippen LogP contribution < -0.4 is 19.3 Å². The summed E-state index contributed by atoms with van der Waals surface area (Å²) in [6.45, 7) is 6.18. The molecule has 4 aliphatic rings. The highest BCUT2D eigenvalue weighted by atomic mass is 19.1. The third-order valence-corrected chi connectivity index (χ3v) is 11.3. The number of aromatic hydroxyl groups is 1. The molecule has 0 unspecified atom stereocenters. The normalized spacial score (nSPS) is 21.5. The fourth-order valence-corrected chi connectivity index (χ4v) is 8.88. The molecule has 2 fully saturated rings.